The molecular weight excluding hydrogens is 264 g/mol. The van der Waals surface area contributed by atoms with Crippen LogP contribution in [0.2, 0.25) is 0 Å². The van der Waals surface area contributed by atoms with E-state index < -0.39 is 12.1 Å². The van der Waals surface area contributed by atoms with Crippen molar-refractivity contribution in [1.29, 1.82) is 0 Å². The molecule has 0 unspecified atom stereocenters. The minimum absolute atomic E-state index is 0.103. The molecule has 2 rings (SSSR count). The molecule has 0 aromatic carbocycles. The Morgan fingerprint density at radius 2 is 1.95 bits per heavy atom. The highest BCUT2D eigenvalue weighted by atomic mass is 16.5. The van der Waals surface area contributed by atoms with Gasteiger partial charge >= 0.3 is 0 Å². The van der Waals surface area contributed by atoms with Crippen LogP contribution in [0.5, 0.6) is 0 Å². The summed E-state index contributed by atoms with van der Waals surface area (Å²) in [5.41, 5.74) is 0. The summed E-state index contributed by atoms with van der Waals surface area (Å²) in [5, 5.41) is 3.73. The van der Waals surface area contributed by atoms with Crippen molar-refractivity contribution >= 4 is 11.8 Å². The summed E-state index contributed by atoms with van der Waals surface area (Å²) in [7, 11) is 3.16. The molecule has 2 atom stereocenters. The number of ether oxygens (including phenoxy) is 1. The van der Waals surface area contributed by atoms with Crippen molar-refractivity contribution in [2.45, 2.75) is 39.1 Å². The van der Waals surface area contributed by atoms with Crippen LogP contribution in [0.25, 0.3) is 0 Å². The van der Waals surface area contributed by atoms with E-state index in [1.807, 2.05) is 0 Å². The summed E-state index contributed by atoms with van der Waals surface area (Å²) in [6.45, 7) is 3.75. The van der Waals surface area contributed by atoms with Crippen molar-refractivity contribution in [3.05, 3.63) is 11.7 Å². The molecule has 0 spiro atoms. The molecule has 2 heterocycles. The number of hydrogen-bond donors (Lipinski definition) is 0. The maximum absolute atomic E-state index is 12.2. The third-order valence-electron chi connectivity index (χ3n) is 3.48. The van der Waals surface area contributed by atoms with Gasteiger partial charge in [-0.05, 0) is 13.8 Å². The Balaban J connectivity index is 2.14. The van der Waals surface area contributed by atoms with Crippen LogP contribution in [0.1, 0.15) is 25.6 Å². The Bertz CT molecular complexity index is 515. The molecule has 8 heteroatoms. The van der Waals surface area contributed by atoms with E-state index in [2.05, 4.69) is 10.1 Å². The minimum atomic E-state index is -0.540. The van der Waals surface area contributed by atoms with Gasteiger partial charge in [-0.1, -0.05) is 5.16 Å². The number of rotatable bonds is 4. The van der Waals surface area contributed by atoms with Gasteiger partial charge in [0.2, 0.25) is 17.7 Å². The third kappa shape index (κ3) is 2.51. The van der Waals surface area contributed by atoms with E-state index in [4.69, 9.17) is 9.26 Å². The van der Waals surface area contributed by atoms with Crippen LogP contribution < -0.4 is 0 Å². The molecule has 1 aliphatic rings. The summed E-state index contributed by atoms with van der Waals surface area (Å²) < 4.78 is 9.95. The fourth-order valence-corrected chi connectivity index (χ4v) is 2.12. The molecule has 8 nitrogen and oxygen atoms in total. The van der Waals surface area contributed by atoms with E-state index in [0.29, 0.717) is 11.7 Å². The number of amides is 2. The van der Waals surface area contributed by atoms with Gasteiger partial charge in [-0.2, -0.15) is 4.98 Å². The summed E-state index contributed by atoms with van der Waals surface area (Å²) in [5.74, 6) is 0.470. The Kier molecular flexibility index (Phi) is 4.03. The van der Waals surface area contributed by atoms with Crippen LogP contribution in [-0.2, 0) is 27.5 Å². The number of nitrogens with zero attached hydrogens (tertiary/aromatic N) is 4. The van der Waals surface area contributed by atoms with Gasteiger partial charge in [0.15, 0.2) is 5.82 Å². The van der Waals surface area contributed by atoms with Crippen molar-refractivity contribution in [2.24, 2.45) is 0 Å². The lowest BCUT2D eigenvalue weighted by Gasteiger charge is -2.40. The average molecular weight is 282 g/mol. The van der Waals surface area contributed by atoms with E-state index in [-0.39, 0.29) is 25.0 Å². The molecule has 1 saturated heterocycles. The maximum Gasteiger partial charge on any atom is 0.246 e. The molecule has 1 aliphatic heterocycles. The number of aromatic nitrogens is 2. The number of carbonyl (C=O) groups excluding carboxylic acids is 2. The van der Waals surface area contributed by atoms with Crippen molar-refractivity contribution in [3.8, 4) is 0 Å². The first-order valence-corrected chi connectivity index (χ1v) is 6.33. The van der Waals surface area contributed by atoms with E-state index in [1.165, 1.54) is 16.9 Å². The zero-order valence-electron chi connectivity index (χ0n) is 12.0. The fourth-order valence-electron chi connectivity index (χ4n) is 2.12. The predicted molar refractivity (Wildman–Crippen MR) is 67.3 cm³/mol. The SMILES string of the molecule is COCc1noc(CN2C(=O)[C@H](C)N(C)C(=O)[C@@H]2C)n1. The topological polar surface area (TPSA) is 88.8 Å². The lowest BCUT2D eigenvalue weighted by molar-refractivity contribution is -0.159. The van der Waals surface area contributed by atoms with E-state index in [1.54, 1.807) is 20.9 Å². The van der Waals surface area contributed by atoms with Crippen LogP contribution in [0, 0.1) is 0 Å². The zero-order chi connectivity index (χ0) is 14.9. The van der Waals surface area contributed by atoms with Gasteiger partial charge in [0.25, 0.3) is 0 Å². The number of carbonyl (C=O) groups is 2. The van der Waals surface area contributed by atoms with Gasteiger partial charge in [0.1, 0.15) is 25.2 Å². The molecule has 0 aliphatic carbocycles. The van der Waals surface area contributed by atoms with Crippen molar-refractivity contribution in [2.75, 3.05) is 14.2 Å². The van der Waals surface area contributed by atoms with Crippen LogP contribution in [0.15, 0.2) is 4.52 Å². The molecule has 1 fully saturated rings. The lowest BCUT2D eigenvalue weighted by atomic mass is 10.1. The molecular formula is C12H18N4O4. The number of hydrogen-bond acceptors (Lipinski definition) is 6. The number of piperazine rings is 1. The average Bonchev–Trinajstić information content (AvgIpc) is 2.87. The summed E-state index contributed by atoms with van der Waals surface area (Å²) >= 11 is 0. The first kappa shape index (κ1) is 14.4. The molecule has 0 radical (unpaired) electrons. The highest BCUT2D eigenvalue weighted by Crippen LogP contribution is 2.18. The molecule has 0 saturated carbocycles. The Morgan fingerprint density at radius 1 is 1.25 bits per heavy atom. The normalized spacial score (nSPS) is 23.6. The number of likely N-dealkylation sites (N-methyl/N-ethyl adjacent to an activating group) is 1. The van der Waals surface area contributed by atoms with Gasteiger partial charge in [0.05, 0.1) is 0 Å². The second-order valence-electron chi connectivity index (χ2n) is 4.80. The van der Waals surface area contributed by atoms with E-state index in [9.17, 15) is 9.59 Å². The molecule has 0 N–H and O–H groups in total. The van der Waals surface area contributed by atoms with Gasteiger partial charge in [-0.25, -0.2) is 0 Å². The van der Waals surface area contributed by atoms with Crippen molar-refractivity contribution in [1.82, 2.24) is 19.9 Å². The largest absolute Gasteiger partial charge is 0.377 e. The van der Waals surface area contributed by atoms with Gasteiger partial charge < -0.3 is 19.1 Å². The molecule has 1 aromatic rings. The molecule has 2 amide bonds. The molecule has 110 valence electrons. The quantitative estimate of drug-likeness (QED) is 0.759. The molecule has 0 bridgehead atoms. The predicted octanol–water partition coefficient (Wildman–Crippen LogP) is -0.206. The fraction of sp³-hybridized carbons (Fsp3) is 0.667. The van der Waals surface area contributed by atoms with Crippen LogP contribution in [0.3, 0.4) is 0 Å². The highest BCUT2D eigenvalue weighted by Gasteiger charge is 2.40. The summed E-state index contributed by atoms with van der Waals surface area (Å²) in [4.78, 5) is 31.3. The number of methoxy groups -OCH3 is 1. The second-order valence-corrected chi connectivity index (χ2v) is 4.80. The van der Waals surface area contributed by atoms with E-state index >= 15 is 0 Å². The van der Waals surface area contributed by atoms with Crippen LogP contribution in [0.4, 0.5) is 0 Å². The third-order valence-corrected chi connectivity index (χ3v) is 3.48. The first-order valence-electron chi connectivity index (χ1n) is 6.33. The Morgan fingerprint density at radius 3 is 2.60 bits per heavy atom. The summed E-state index contributed by atoms with van der Waals surface area (Å²) in [6.07, 6.45) is 0. The van der Waals surface area contributed by atoms with Crippen LogP contribution in [-0.4, -0.2) is 58.0 Å². The summed E-state index contributed by atoms with van der Waals surface area (Å²) in [6, 6.07) is -1.03. The maximum atomic E-state index is 12.2. The van der Waals surface area contributed by atoms with Gasteiger partial charge in [-0.15, -0.1) is 0 Å². The Labute approximate surface area is 116 Å². The highest BCUT2D eigenvalue weighted by molar-refractivity contribution is 5.96. The van der Waals surface area contributed by atoms with Gasteiger partial charge in [-0.3, -0.25) is 9.59 Å². The standard InChI is InChI=1S/C12H18N4O4/c1-7-12(18)16(8(2)11(17)15(7)3)5-10-13-9(6-19-4)14-20-10/h7-8H,5-6H2,1-4H3/t7-,8-/m0/s1. The van der Waals surface area contributed by atoms with E-state index in [0.717, 1.165) is 0 Å². The van der Waals surface area contributed by atoms with Crippen molar-refractivity contribution < 1.29 is 18.8 Å². The minimum Gasteiger partial charge on any atom is -0.377 e. The molecule has 20 heavy (non-hydrogen) atoms. The first-order chi connectivity index (χ1) is 9.45. The van der Waals surface area contributed by atoms with Crippen LogP contribution >= 0.6 is 0 Å². The van der Waals surface area contributed by atoms with Gasteiger partial charge in [0, 0.05) is 14.2 Å². The molecule has 1 aromatic heterocycles. The second kappa shape index (κ2) is 5.58. The zero-order valence-corrected chi connectivity index (χ0v) is 12.0. The Hall–Kier alpha value is -1.96. The monoisotopic (exact) mass is 282 g/mol. The lowest BCUT2D eigenvalue weighted by Crippen LogP contribution is -2.61. The smallest absolute Gasteiger partial charge is 0.246 e. The van der Waals surface area contributed by atoms with Crippen molar-refractivity contribution in [3.63, 3.8) is 0 Å².